The van der Waals surface area contributed by atoms with Gasteiger partial charge in [-0.05, 0) is 160 Å². The number of hydrogen-bond acceptors (Lipinski definition) is 22. The molecule has 4 aliphatic rings. The zero-order valence-corrected chi connectivity index (χ0v) is 65.0. The Bertz CT molecular complexity index is 5910. The maximum atomic E-state index is 15.0. The maximum absolute atomic E-state index is 15.0. The van der Waals surface area contributed by atoms with E-state index in [2.05, 4.69) is 103 Å². The summed E-state index contributed by atoms with van der Waals surface area (Å²) in [4.78, 5) is 55.4. The van der Waals surface area contributed by atoms with Gasteiger partial charge in [-0.3, -0.25) is 8.80 Å². The molecule has 0 aliphatic carbocycles. The molecule has 4 aromatic carbocycles. The minimum atomic E-state index is -0.768. The number of aryl methyl sites for hydroxylation is 4. The molecule has 2 amide bonds. The molecular formula is C80H88Br2F4N22O8. The molecule has 0 saturated heterocycles. The van der Waals surface area contributed by atoms with Crippen LogP contribution in [-0.4, -0.2) is 147 Å². The van der Waals surface area contributed by atoms with Crippen molar-refractivity contribution in [2.45, 2.75) is 161 Å². The van der Waals surface area contributed by atoms with Crippen LogP contribution in [0.5, 0.6) is 23.0 Å². The zero-order chi connectivity index (χ0) is 78.3. The third-order valence-electron chi connectivity index (χ3n) is 18.6. The lowest BCUT2D eigenvalue weighted by Gasteiger charge is -2.27. The molecule has 0 spiro atoms. The number of ether oxygens (including phenoxy) is 6. The molecule has 18 rings (SSSR count). The van der Waals surface area contributed by atoms with Crippen molar-refractivity contribution in [1.82, 2.24) is 97.4 Å². The van der Waals surface area contributed by atoms with E-state index in [0.29, 0.717) is 126 Å². The molecular weight excluding hydrogens is 1630 g/mol. The quantitative estimate of drug-likeness (QED) is 0.0913. The van der Waals surface area contributed by atoms with E-state index < -0.39 is 35.0 Å². The molecule has 0 bridgehead atoms. The number of benzene rings is 4. The summed E-state index contributed by atoms with van der Waals surface area (Å²) in [6, 6.07) is 12.3. The van der Waals surface area contributed by atoms with Crippen LogP contribution in [0.25, 0.3) is 34.0 Å². The third kappa shape index (κ3) is 17.7. The second kappa shape index (κ2) is 35.3. The van der Waals surface area contributed by atoms with Gasteiger partial charge >= 0.3 is 12.2 Å². The maximum Gasteiger partial charge on any atom is 0.417 e. The van der Waals surface area contributed by atoms with Crippen molar-refractivity contribution >= 4 is 78.5 Å². The van der Waals surface area contributed by atoms with Crippen LogP contribution in [0.15, 0.2) is 133 Å². The van der Waals surface area contributed by atoms with E-state index in [4.69, 9.17) is 28.4 Å². The van der Waals surface area contributed by atoms with Gasteiger partial charge in [0.05, 0.1) is 84.9 Å². The van der Waals surface area contributed by atoms with E-state index in [1.807, 2.05) is 39.6 Å². The van der Waals surface area contributed by atoms with Gasteiger partial charge in [0.15, 0.2) is 22.6 Å². The average molecular weight is 1720 g/mol. The first kappa shape index (κ1) is 84.8. The summed E-state index contributed by atoms with van der Waals surface area (Å²) in [7, 11) is 0. The van der Waals surface area contributed by atoms with E-state index >= 15 is 0 Å². The number of hydrogen-bond donors (Lipinski definition) is 0. The Morgan fingerprint density at radius 1 is 0.422 bits per heavy atom. The zero-order valence-electron chi connectivity index (χ0n) is 61.8. The molecule has 36 heteroatoms. The van der Waals surface area contributed by atoms with Gasteiger partial charge in [-0.2, -0.15) is 0 Å². The van der Waals surface area contributed by atoms with Crippen molar-refractivity contribution in [2.24, 2.45) is 0 Å². The number of anilines is 2. The number of carbonyl (C=O) groups is 2. The SMILES string of the molecule is C.C.C.C.CC(C)(C)OC(=O)N(Cc1c(F)ccc2c1CCO2)c1ncc(Br)c2nncn12.Cc1cn(-c2cnc(CCc3c(F)ccc4c3CCO4)n3cnnc23)cn1.Cc1cn(-c2cnc(N(Cc3c(F)ccc4c3CCO4)C(=O)OC(C)(C)C)n3cnnc23)cn1.Fc1ccc2c(c1CCc1ncc(Br)c3nncn13)CCO2. The number of carbonyl (C=O) groups excluding carboxylic acids is 2. The van der Waals surface area contributed by atoms with E-state index in [9.17, 15) is 27.2 Å². The summed E-state index contributed by atoms with van der Waals surface area (Å²) in [5, 5.41) is 32.4. The lowest BCUT2D eigenvalue weighted by molar-refractivity contribution is 0.0563. The van der Waals surface area contributed by atoms with Gasteiger partial charge < -0.3 is 37.6 Å². The number of imidazole rings is 2. The highest BCUT2D eigenvalue weighted by Crippen LogP contribution is 2.37. The van der Waals surface area contributed by atoms with Gasteiger partial charge in [-0.1, -0.05) is 29.7 Å². The van der Waals surface area contributed by atoms with Gasteiger partial charge in [-0.15, -0.1) is 40.8 Å². The molecule has 10 aromatic heterocycles. The molecule has 30 nitrogen and oxygen atoms in total. The van der Waals surface area contributed by atoms with Gasteiger partial charge in [-0.25, -0.2) is 75.7 Å². The first-order valence-electron chi connectivity index (χ1n) is 35.7. The predicted octanol–water partition coefficient (Wildman–Crippen LogP) is 15.3. The Labute approximate surface area is 682 Å². The van der Waals surface area contributed by atoms with Crippen molar-refractivity contribution < 1.29 is 55.6 Å². The molecule has 0 N–H and O–H groups in total. The predicted molar refractivity (Wildman–Crippen MR) is 431 cm³/mol. The summed E-state index contributed by atoms with van der Waals surface area (Å²) in [5.74, 6) is 3.64. The van der Waals surface area contributed by atoms with Crippen LogP contribution in [0.3, 0.4) is 0 Å². The van der Waals surface area contributed by atoms with Gasteiger partial charge in [0.1, 0.15) is 106 Å². The lowest BCUT2D eigenvalue weighted by atomic mass is 10.00. The van der Waals surface area contributed by atoms with E-state index in [0.717, 1.165) is 85.4 Å². The molecule has 0 atom stereocenters. The highest BCUT2D eigenvalue weighted by molar-refractivity contribution is 9.11. The number of nitrogens with zero attached hydrogens (tertiary/aromatic N) is 22. The largest absolute Gasteiger partial charge is 0.493 e. The minimum Gasteiger partial charge on any atom is -0.493 e. The van der Waals surface area contributed by atoms with E-state index in [-0.39, 0.29) is 66.3 Å². The Morgan fingerprint density at radius 3 is 1.14 bits per heavy atom. The fourth-order valence-corrected chi connectivity index (χ4v) is 14.3. The van der Waals surface area contributed by atoms with Gasteiger partial charge in [0, 0.05) is 96.7 Å². The highest BCUT2D eigenvalue weighted by atomic mass is 79.9. The Kier molecular flexibility index (Phi) is 25.8. The van der Waals surface area contributed by atoms with Crippen LogP contribution in [-0.2, 0) is 73.9 Å². The van der Waals surface area contributed by atoms with Crippen molar-refractivity contribution in [1.29, 1.82) is 0 Å². The average Bonchev–Trinajstić information content (AvgIpc) is 1.48. The van der Waals surface area contributed by atoms with Crippen molar-refractivity contribution in [3.63, 3.8) is 0 Å². The molecule has 4 aliphatic heterocycles. The fourth-order valence-electron chi connectivity index (χ4n) is 13.5. The van der Waals surface area contributed by atoms with Crippen LogP contribution in [0.2, 0.25) is 0 Å². The Balaban J connectivity index is 0.000000152. The van der Waals surface area contributed by atoms with Crippen LogP contribution < -0.4 is 28.7 Å². The number of halogens is 6. The molecule has 608 valence electrons. The second-order valence-corrected chi connectivity index (χ2v) is 30.1. The minimum absolute atomic E-state index is 0. The Morgan fingerprint density at radius 2 is 0.741 bits per heavy atom. The highest BCUT2D eigenvalue weighted by Gasteiger charge is 2.34. The van der Waals surface area contributed by atoms with Crippen LogP contribution in [0.1, 0.15) is 139 Å². The first-order valence-corrected chi connectivity index (χ1v) is 37.3. The molecule has 0 radical (unpaired) electrons. The second-order valence-electron chi connectivity index (χ2n) is 28.4. The summed E-state index contributed by atoms with van der Waals surface area (Å²) in [5.41, 5.74) is 9.61. The summed E-state index contributed by atoms with van der Waals surface area (Å²) in [6.45, 7) is 16.4. The molecule has 116 heavy (non-hydrogen) atoms. The fraction of sp³-hybridized carbons (Fsp3) is 0.350. The normalized spacial score (nSPS) is 12.7. The molecule has 14 aromatic rings. The molecule has 0 saturated carbocycles. The number of amides is 2. The van der Waals surface area contributed by atoms with Crippen molar-refractivity contribution in [3.8, 4) is 34.4 Å². The van der Waals surface area contributed by atoms with Gasteiger partial charge in [0.25, 0.3) is 0 Å². The lowest BCUT2D eigenvalue weighted by Crippen LogP contribution is -2.38. The first-order chi connectivity index (χ1) is 53.9. The summed E-state index contributed by atoms with van der Waals surface area (Å²) in [6.07, 6.45) is 23.4. The van der Waals surface area contributed by atoms with E-state index in [1.54, 1.807) is 123 Å². The number of aromatic nitrogens is 20. The third-order valence-corrected chi connectivity index (χ3v) is 19.7. The van der Waals surface area contributed by atoms with E-state index in [1.165, 1.54) is 52.9 Å². The number of fused-ring (bicyclic) bond motifs is 8. The number of rotatable bonds is 14. The molecule has 0 fully saturated rings. The molecule has 14 heterocycles. The molecule has 0 unspecified atom stereocenters. The Hall–Kier alpha value is -12.1. The van der Waals surface area contributed by atoms with Crippen molar-refractivity contribution in [3.05, 3.63) is 223 Å². The topological polar surface area (TPSA) is 304 Å². The van der Waals surface area contributed by atoms with Crippen LogP contribution in [0, 0.1) is 37.1 Å². The summed E-state index contributed by atoms with van der Waals surface area (Å²) >= 11 is 6.76. The standard InChI is InChI=1S/C23H24FN7O3.C19H19BrFN5O3.C19H17FN6O.C15H12BrFN4O.4CH4/c1-14-10-29(12-26-14)18-9-25-21(31-13-27-28-20(18)31)30(22(32)34-23(2,3)4)11-16-15-7-8-33-19(15)6-5-17(16)24;1-19(2,3)29-18(27)25(17-22-8-13(20)16-24-23-10-26(16)17)9-12-11-6-7-28-15(11)5-4-14(12)21;1-12-9-25(10-22-12)16-8-21-18(26-11-23-24-19(16)26)5-2-13-14-6-7-27-17(14)4-3-15(13)20;16-11-7-18-14(21-8-19-20-15(11)21)4-1-9-10-5-6-22-13(10)3-2-12(9)17;;;;/h5-6,9-10,12-13H,7-8,11H2,1-4H3;4-5,8,10H,6-7,9H2,1-3H3;3-4,8-11H,2,5-7H2,1H3;2-3,7-8H,1,4-6H2;4*1H4. The van der Waals surface area contributed by atoms with Gasteiger partial charge in [0.2, 0.25) is 11.9 Å². The van der Waals surface area contributed by atoms with Crippen LogP contribution >= 0.6 is 31.9 Å². The smallest absolute Gasteiger partial charge is 0.417 e. The summed E-state index contributed by atoms with van der Waals surface area (Å²) < 4.78 is 104. The van der Waals surface area contributed by atoms with Crippen molar-refractivity contribution in [2.75, 3.05) is 36.2 Å². The monoisotopic (exact) mass is 1720 g/mol. The van der Waals surface area contributed by atoms with Crippen LogP contribution in [0.4, 0.5) is 39.0 Å².